The number of carbonyl (C=O) groups is 1. The van der Waals surface area contributed by atoms with Gasteiger partial charge in [-0.2, -0.15) is 0 Å². The summed E-state index contributed by atoms with van der Waals surface area (Å²) < 4.78 is 20.7. The molecule has 0 atom stereocenters. The summed E-state index contributed by atoms with van der Waals surface area (Å²) in [7, 11) is -3.41. The molecule has 7 heteroatoms. The van der Waals surface area contributed by atoms with Crippen LogP contribution in [0.5, 0.6) is 0 Å². The maximum atomic E-state index is 10.3. The van der Waals surface area contributed by atoms with Gasteiger partial charge < -0.3 is 10.8 Å². The van der Waals surface area contributed by atoms with Crippen molar-refractivity contribution in [2.24, 2.45) is 10.9 Å². The summed E-state index contributed by atoms with van der Waals surface area (Å²) in [5.74, 6) is -1.01. The lowest BCUT2D eigenvalue weighted by Gasteiger charge is -2.15. The third-order valence-corrected chi connectivity index (χ3v) is 1.72. The second-order valence-corrected chi connectivity index (χ2v) is 4.93. The highest BCUT2D eigenvalue weighted by atomic mass is 32.2. The number of hydrogen-bond donors (Lipinski definition) is 3. The van der Waals surface area contributed by atoms with E-state index in [2.05, 4.69) is 0 Å². The summed E-state index contributed by atoms with van der Waals surface area (Å²) in [6.07, 6.45) is 0. The number of hydrogen-bond acceptors (Lipinski definition) is 4. The highest BCUT2D eigenvalue weighted by Crippen LogP contribution is 1.97. The number of primary sulfonamides is 1. The van der Waals surface area contributed by atoms with E-state index < -0.39 is 21.5 Å². The molecule has 0 unspecified atom stereocenters. The molecule has 0 fully saturated rings. The number of carboxylic acids is 1. The maximum Gasteiger partial charge on any atom is 0.300 e. The Labute approximate surface area is 78.0 Å². The van der Waals surface area contributed by atoms with Crippen molar-refractivity contribution >= 4 is 16.0 Å². The van der Waals surface area contributed by atoms with Crippen LogP contribution in [0.25, 0.3) is 0 Å². The Morgan fingerprint density at radius 2 is 1.69 bits per heavy atom. The molecular formula is C6H16N2O4S. The molecule has 0 rings (SSSR count). The number of aliphatic carboxylic acids is 1. The zero-order chi connectivity index (χ0) is 11.3. The molecule has 0 heterocycles. The van der Waals surface area contributed by atoms with Crippen LogP contribution in [-0.2, 0) is 14.8 Å². The first-order chi connectivity index (χ1) is 5.44. The minimum Gasteiger partial charge on any atom is -0.481 e. The molecule has 5 N–H and O–H groups in total. The van der Waals surface area contributed by atoms with Crippen LogP contribution in [-0.4, -0.2) is 30.8 Å². The van der Waals surface area contributed by atoms with Gasteiger partial charge in [-0.15, -0.1) is 0 Å². The maximum absolute atomic E-state index is 10.3. The molecule has 0 aliphatic carbocycles. The van der Waals surface area contributed by atoms with Gasteiger partial charge in [0.15, 0.2) is 0 Å². The normalized spacial score (nSPS) is 11.5. The third kappa shape index (κ3) is 34.7. The second-order valence-electron chi connectivity index (χ2n) is 3.31. The van der Waals surface area contributed by atoms with Gasteiger partial charge >= 0.3 is 0 Å². The molecule has 0 radical (unpaired) electrons. The van der Waals surface area contributed by atoms with E-state index in [1.54, 1.807) is 13.8 Å². The molecule has 0 spiro atoms. The van der Waals surface area contributed by atoms with Gasteiger partial charge in [0.05, 0.1) is 5.75 Å². The second kappa shape index (κ2) is 5.15. The Morgan fingerprint density at radius 1 is 1.46 bits per heavy atom. The lowest BCUT2D eigenvalue weighted by Crippen LogP contribution is -2.42. The SMILES string of the molecule is CC(=O)O.CC(C)(N)CS(N)(=O)=O. The Bertz CT molecular complexity index is 248. The van der Waals surface area contributed by atoms with Crippen molar-refractivity contribution in [2.75, 3.05) is 5.75 Å². The predicted octanol–water partition coefficient (Wildman–Crippen LogP) is -0.897. The average molecular weight is 212 g/mol. The van der Waals surface area contributed by atoms with Crippen molar-refractivity contribution in [3.8, 4) is 0 Å². The molecule has 0 aliphatic rings. The van der Waals surface area contributed by atoms with Crippen LogP contribution in [0, 0.1) is 0 Å². The van der Waals surface area contributed by atoms with Crippen molar-refractivity contribution < 1.29 is 18.3 Å². The van der Waals surface area contributed by atoms with Crippen molar-refractivity contribution in [1.29, 1.82) is 0 Å². The van der Waals surface area contributed by atoms with Crippen LogP contribution in [0.15, 0.2) is 0 Å². The molecular weight excluding hydrogens is 196 g/mol. The molecule has 0 aromatic heterocycles. The summed E-state index contributed by atoms with van der Waals surface area (Å²) in [6.45, 7) is 4.30. The molecule has 0 aromatic rings. The monoisotopic (exact) mass is 212 g/mol. The van der Waals surface area contributed by atoms with Gasteiger partial charge in [0.1, 0.15) is 0 Å². The molecule has 0 saturated carbocycles. The van der Waals surface area contributed by atoms with Gasteiger partial charge in [-0.05, 0) is 13.8 Å². The highest BCUT2D eigenvalue weighted by molar-refractivity contribution is 7.89. The molecule has 13 heavy (non-hydrogen) atoms. The van der Waals surface area contributed by atoms with E-state index in [1.165, 1.54) is 0 Å². The van der Waals surface area contributed by atoms with Crippen LogP contribution in [0.2, 0.25) is 0 Å². The van der Waals surface area contributed by atoms with Crippen molar-refractivity contribution in [1.82, 2.24) is 0 Å². The number of sulfonamides is 1. The van der Waals surface area contributed by atoms with Gasteiger partial charge in [-0.1, -0.05) is 0 Å². The Hall–Kier alpha value is -0.660. The van der Waals surface area contributed by atoms with Crippen molar-refractivity contribution in [3.05, 3.63) is 0 Å². The van der Waals surface area contributed by atoms with Crippen LogP contribution in [0.1, 0.15) is 20.8 Å². The standard InChI is InChI=1S/C4H12N2O2S.C2H4O2/c1-4(2,5)3-9(6,7)8;1-2(3)4/h3,5H2,1-2H3,(H2,6,7,8);1H3,(H,3,4). The number of nitrogens with two attached hydrogens (primary N) is 2. The van der Waals surface area contributed by atoms with Crippen LogP contribution in [0.3, 0.4) is 0 Å². The molecule has 0 aliphatic heterocycles. The predicted molar refractivity (Wildman–Crippen MR) is 49.6 cm³/mol. The lowest BCUT2D eigenvalue weighted by atomic mass is 10.1. The summed E-state index contributed by atoms with van der Waals surface area (Å²) in [4.78, 5) is 9.00. The largest absolute Gasteiger partial charge is 0.481 e. The minimum absolute atomic E-state index is 0.181. The fraction of sp³-hybridized carbons (Fsp3) is 0.833. The van der Waals surface area contributed by atoms with Crippen LogP contribution in [0.4, 0.5) is 0 Å². The first-order valence-corrected chi connectivity index (χ1v) is 5.14. The topological polar surface area (TPSA) is 123 Å². The third-order valence-electron chi connectivity index (χ3n) is 0.573. The smallest absolute Gasteiger partial charge is 0.300 e. The van der Waals surface area contributed by atoms with E-state index in [4.69, 9.17) is 20.8 Å². The summed E-state index contributed by atoms with van der Waals surface area (Å²) >= 11 is 0. The first-order valence-electron chi connectivity index (χ1n) is 3.43. The van der Waals surface area contributed by atoms with Gasteiger partial charge in [-0.3, -0.25) is 4.79 Å². The Balaban J connectivity index is 0. The molecule has 0 saturated heterocycles. The van der Waals surface area contributed by atoms with E-state index in [0.717, 1.165) is 6.92 Å². The average Bonchev–Trinajstić information content (AvgIpc) is 1.47. The first kappa shape index (κ1) is 14.8. The molecule has 6 nitrogen and oxygen atoms in total. The van der Waals surface area contributed by atoms with E-state index in [0.29, 0.717) is 0 Å². The van der Waals surface area contributed by atoms with Gasteiger partial charge in [0.2, 0.25) is 10.0 Å². The van der Waals surface area contributed by atoms with E-state index in [-0.39, 0.29) is 5.75 Å². The highest BCUT2D eigenvalue weighted by Gasteiger charge is 2.17. The van der Waals surface area contributed by atoms with E-state index in [9.17, 15) is 8.42 Å². The number of carboxylic acid groups (broad SMARTS) is 1. The number of rotatable bonds is 2. The van der Waals surface area contributed by atoms with E-state index >= 15 is 0 Å². The molecule has 0 amide bonds. The molecule has 0 bridgehead atoms. The molecule has 0 aromatic carbocycles. The zero-order valence-corrected chi connectivity index (χ0v) is 8.76. The minimum atomic E-state index is -3.41. The summed E-state index contributed by atoms with van der Waals surface area (Å²) in [5.41, 5.74) is 4.63. The summed E-state index contributed by atoms with van der Waals surface area (Å²) in [5, 5.41) is 12.1. The zero-order valence-electron chi connectivity index (χ0n) is 7.94. The Morgan fingerprint density at radius 3 is 1.69 bits per heavy atom. The molecule has 80 valence electrons. The van der Waals surface area contributed by atoms with Gasteiger partial charge in [0, 0.05) is 12.5 Å². The van der Waals surface area contributed by atoms with E-state index in [1.807, 2.05) is 0 Å². The van der Waals surface area contributed by atoms with Gasteiger partial charge in [-0.25, -0.2) is 13.6 Å². The summed E-state index contributed by atoms with van der Waals surface area (Å²) in [6, 6.07) is 0. The van der Waals surface area contributed by atoms with Crippen LogP contribution >= 0.6 is 0 Å². The fourth-order valence-electron chi connectivity index (χ4n) is 0.519. The Kier molecular flexibility index (Phi) is 5.88. The van der Waals surface area contributed by atoms with Gasteiger partial charge in [0.25, 0.3) is 5.97 Å². The fourth-order valence-corrected chi connectivity index (χ4v) is 1.56. The van der Waals surface area contributed by atoms with Crippen LogP contribution < -0.4 is 10.9 Å². The van der Waals surface area contributed by atoms with Crippen molar-refractivity contribution in [2.45, 2.75) is 26.3 Å². The quantitative estimate of drug-likeness (QED) is 0.547. The van der Waals surface area contributed by atoms with Crippen molar-refractivity contribution in [3.63, 3.8) is 0 Å². The lowest BCUT2D eigenvalue weighted by molar-refractivity contribution is -0.134.